The van der Waals surface area contributed by atoms with Crippen molar-refractivity contribution in [1.82, 2.24) is 49.0 Å². The molecule has 0 spiro atoms. The molecule has 10 aliphatic rings. The lowest BCUT2D eigenvalue weighted by Gasteiger charge is -2.40. The van der Waals surface area contributed by atoms with Gasteiger partial charge in [0.1, 0.15) is 0 Å². The molecule has 5 atom stereocenters. The fraction of sp³-hybridized carbons (Fsp3) is 0.904. The van der Waals surface area contributed by atoms with Crippen molar-refractivity contribution < 1.29 is 47.9 Å². The maximum atomic E-state index is 12.7. The highest BCUT2D eigenvalue weighted by Gasteiger charge is 2.50. The number of hydrogen-bond donors (Lipinski definition) is 0. The van der Waals surface area contributed by atoms with Gasteiger partial charge in [-0.3, -0.25) is 72.4 Å². The van der Waals surface area contributed by atoms with Crippen LogP contribution in [0.15, 0.2) is 0 Å². The molecule has 10 aliphatic heterocycles. The van der Waals surface area contributed by atoms with Crippen molar-refractivity contribution in [3.63, 3.8) is 0 Å². The molecule has 0 aromatic rings. The third-order valence-corrected chi connectivity index (χ3v) is 33.0. The van der Waals surface area contributed by atoms with Gasteiger partial charge in [0.2, 0.25) is 59.1 Å². The lowest BCUT2D eigenvalue weighted by molar-refractivity contribution is -0.141. The molecule has 124 heavy (non-hydrogen) atoms. The Bertz CT molecular complexity index is 3280. The van der Waals surface area contributed by atoms with Gasteiger partial charge < -0.3 is 24.5 Å². The number of rotatable bonds is 40. The number of carbonyl (C=O) groups excluding carboxylic acids is 10. The molecule has 0 aromatic carbocycles. The number of amides is 10. The van der Waals surface area contributed by atoms with Crippen LogP contribution in [0.3, 0.4) is 0 Å². The van der Waals surface area contributed by atoms with Crippen LogP contribution in [-0.2, 0) is 47.9 Å². The molecule has 10 saturated heterocycles. The summed E-state index contributed by atoms with van der Waals surface area (Å²) in [6, 6.07) is 0. The largest absolute Gasteiger partial charge is 0.303 e. The second kappa shape index (κ2) is 48.1. The Labute approximate surface area is 758 Å². The molecule has 10 heterocycles. The molecule has 10 amide bonds. The molecule has 20 heteroatoms. The highest BCUT2D eigenvalue weighted by Crippen LogP contribution is 2.50. The quantitative estimate of drug-likeness (QED) is 0.0318. The standard InChI is InChI=1S/2C22H40N2O2.C21H38N2O2.C20H36N2O2.C19H34N2O2/c2*1-21(2,3)22(4,5)17-18-16-19(25)24(20(18)26)15-11-7-10-14-23-12-8-6-9-13-23;1-20(2,3)21(4,5)16-17-15-18(24)23(19(17)25)14-8-6-7-11-22-12-9-10-13-22;1-19(2,3)20(4,5)15-16-14-17(23)22(18(16)24)13-8-6-7-10-21-11-9-12-21;1-18(2,3)19(4,5)14-15-13-16(22)21(17(15)23)10-8-6-7-9-20-11-12-20/h2*18H,6-17H2,1-5H3;17H,6-16H2,1-5H3;16H,6-15H2,1-5H3;15H,6-14H2,1-5H3. The molecular formula is C104H188N10O10. The van der Waals surface area contributed by atoms with Crippen LogP contribution in [0, 0.1) is 83.7 Å². The summed E-state index contributed by atoms with van der Waals surface area (Å²) in [5, 5.41) is 0. The van der Waals surface area contributed by atoms with E-state index in [9.17, 15) is 47.9 Å². The minimum atomic E-state index is -0.120. The number of hydrogen-bond acceptors (Lipinski definition) is 15. The van der Waals surface area contributed by atoms with E-state index < -0.39 is 0 Å². The first kappa shape index (κ1) is 108. The topological polar surface area (TPSA) is 203 Å². The zero-order valence-electron chi connectivity index (χ0n) is 84.6. The number of imide groups is 5. The Morgan fingerprint density at radius 1 is 0.185 bits per heavy atom. The lowest BCUT2D eigenvalue weighted by atomic mass is 9.65. The first-order chi connectivity index (χ1) is 57.6. The van der Waals surface area contributed by atoms with E-state index in [1.807, 2.05) is 0 Å². The summed E-state index contributed by atoms with van der Waals surface area (Å²) in [4.78, 5) is 145. The van der Waals surface area contributed by atoms with Crippen LogP contribution >= 0.6 is 0 Å². The minimum absolute atomic E-state index is 0.0376. The van der Waals surface area contributed by atoms with E-state index >= 15 is 0 Å². The number of nitrogens with zero attached hydrogens (tertiary/aromatic N) is 10. The van der Waals surface area contributed by atoms with Crippen LogP contribution in [0.4, 0.5) is 0 Å². The van der Waals surface area contributed by atoms with Gasteiger partial charge in [0.25, 0.3) is 0 Å². The van der Waals surface area contributed by atoms with E-state index in [-0.39, 0.29) is 143 Å². The van der Waals surface area contributed by atoms with Crippen LogP contribution < -0.4 is 0 Å². The Hall–Kier alpha value is -4.50. The summed E-state index contributed by atoms with van der Waals surface area (Å²) in [6.45, 7) is 76.7. The van der Waals surface area contributed by atoms with E-state index in [4.69, 9.17) is 0 Å². The molecule has 0 saturated carbocycles. The fourth-order valence-corrected chi connectivity index (χ4v) is 18.5. The Morgan fingerprint density at radius 2 is 0.331 bits per heavy atom. The van der Waals surface area contributed by atoms with Gasteiger partial charge in [-0.2, -0.15) is 0 Å². The summed E-state index contributed by atoms with van der Waals surface area (Å²) < 4.78 is 0. The van der Waals surface area contributed by atoms with Gasteiger partial charge in [0.05, 0.1) is 0 Å². The molecule has 0 bridgehead atoms. The molecule has 0 radical (unpaired) electrons. The Kier molecular flexibility index (Phi) is 42.0. The zero-order valence-corrected chi connectivity index (χ0v) is 84.6. The van der Waals surface area contributed by atoms with Crippen molar-refractivity contribution in [2.75, 3.05) is 131 Å². The molecule has 0 N–H and O–H groups in total. The second-order valence-corrected chi connectivity index (χ2v) is 48.3. The fourth-order valence-electron chi connectivity index (χ4n) is 18.5. The summed E-state index contributed by atoms with van der Waals surface area (Å²) in [6.07, 6.45) is 34.3. The highest BCUT2D eigenvalue weighted by molar-refractivity contribution is 6.06. The van der Waals surface area contributed by atoms with Crippen LogP contribution in [-0.4, -0.2) is 239 Å². The van der Waals surface area contributed by atoms with Crippen molar-refractivity contribution in [2.24, 2.45) is 83.7 Å². The molecule has 10 rings (SSSR count). The summed E-state index contributed by atoms with van der Waals surface area (Å²) in [5.74, 6) is -0.0377. The highest BCUT2D eigenvalue weighted by atomic mass is 16.2. The first-order valence-electron chi connectivity index (χ1n) is 50.4. The number of unbranched alkanes of at least 4 members (excludes halogenated alkanes) is 10. The first-order valence-corrected chi connectivity index (χ1v) is 50.4. The average molecular weight is 1740 g/mol. The van der Waals surface area contributed by atoms with Crippen molar-refractivity contribution in [1.29, 1.82) is 0 Å². The Morgan fingerprint density at radius 3 is 0.476 bits per heavy atom. The van der Waals surface area contributed by atoms with Crippen molar-refractivity contribution in [3.8, 4) is 0 Å². The predicted octanol–water partition coefficient (Wildman–Crippen LogP) is 20.1. The number of likely N-dealkylation sites (tertiary alicyclic amines) is 9. The smallest absolute Gasteiger partial charge is 0.232 e. The van der Waals surface area contributed by atoms with Gasteiger partial charge in [-0.15, -0.1) is 0 Å². The maximum Gasteiger partial charge on any atom is 0.232 e. The second-order valence-electron chi connectivity index (χ2n) is 48.3. The van der Waals surface area contributed by atoms with E-state index in [0.717, 1.165) is 96.3 Å². The number of carbonyl (C=O) groups is 10. The van der Waals surface area contributed by atoms with Gasteiger partial charge in [-0.25, -0.2) is 0 Å². The molecule has 5 unspecified atom stereocenters. The van der Waals surface area contributed by atoms with Crippen LogP contribution in [0.5, 0.6) is 0 Å². The van der Waals surface area contributed by atoms with E-state index in [1.165, 1.54) is 198 Å². The van der Waals surface area contributed by atoms with E-state index in [0.29, 0.717) is 64.8 Å². The van der Waals surface area contributed by atoms with Gasteiger partial charge in [0, 0.05) is 108 Å². The van der Waals surface area contributed by atoms with Crippen LogP contribution in [0.25, 0.3) is 0 Å². The van der Waals surface area contributed by atoms with Crippen LogP contribution in [0.1, 0.15) is 391 Å². The SMILES string of the molecule is CC(C)(C)C(C)(C)CC1CC(=O)N(CCCCCN2CC2)C1=O.CC(C)(C)C(C)(C)CC1CC(=O)N(CCCCCN2CCC2)C1=O.CC(C)(C)C(C)(C)CC1CC(=O)N(CCCCCN2CCCC2)C1=O.CC(C)(C)C(C)(C)CC1CC(=O)N(CCCCCN2CCCCC2)C1=O.CC(C)(C)C(C)(C)CC1CC(=O)N(CCCCCN2CCCCC2)C1=O. The molecule has 10 fully saturated rings. The summed E-state index contributed by atoms with van der Waals surface area (Å²) in [5.41, 5.74) is 0.830. The molecular weight excluding hydrogens is 1550 g/mol. The van der Waals surface area contributed by atoms with Gasteiger partial charge >= 0.3 is 0 Å². The summed E-state index contributed by atoms with van der Waals surface area (Å²) >= 11 is 0. The average Bonchev–Trinajstić information content (AvgIpc) is 1.69. The molecule has 0 aromatic heterocycles. The Balaban J connectivity index is 0.000000240. The molecule has 0 aliphatic carbocycles. The van der Waals surface area contributed by atoms with Crippen LogP contribution in [0.2, 0.25) is 0 Å². The van der Waals surface area contributed by atoms with Crippen molar-refractivity contribution in [2.45, 2.75) is 391 Å². The zero-order chi connectivity index (χ0) is 92.6. The molecule has 714 valence electrons. The van der Waals surface area contributed by atoms with E-state index in [1.54, 1.807) is 14.7 Å². The van der Waals surface area contributed by atoms with Gasteiger partial charge in [0.15, 0.2) is 0 Å². The van der Waals surface area contributed by atoms with E-state index in [2.05, 4.69) is 198 Å². The normalized spacial score (nSPS) is 23.1. The molecule has 20 nitrogen and oxygen atoms in total. The monoisotopic (exact) mass is 1740 g/mol. The van der Waals surface area contributed by atoms with Crippen molar-refractivity contribution in [3.05, 3.63) is 0 Å². The maximum absolute atomic E-state index is 12.7. The van der Waals surface area contributed by atoms with Crippen molar-refractivity contribution >= 4 is 59.1 Å². The third kappa shape index (κ3) is 33.7. The predicted molar refractivity (Wildman–Crippen MR) is 506 cm³/mol. The third-order valence-electron chi connectivity index (χ3n) is 33.0. The lowest BCUT2D eigenvalue weighted by Crippen LogP contribution is -2.37. The summed E-state index contributed by atoms with van der Waals surface area (Å²) in [7, 11) is 0. The van der Waals surface area contributed by atoms with Gasteiger partial charge in [-0.1, -0.05) is 218 Å². The minimum Gasteiger partial charge on any atom is -0.303 e. The van der Waals surface area contributed by atoms with Gasteiger partial charge in [-0.05, 0) is 280 Å². The number of piperidine rings is 2.